The highest BCUT2D eigenvalue weighted by Crippen LogP contribution is 2.24. The molecule has 0 radical (unpaired) electrons. The van der Waals surface area contributed by atoms with Crippen molar-refractivity contribution in [1.29, 1.82) is 0 Å². The van der Waals surface area contributed by atoms with E-state index in [1.165, 1.54) is 0 Å². The molecular weight excluding hydrogens is 343 g/mol. The smallest absolute Gasteiger partial charge is 0.161 e. The minimum absolute atomic E-state index is 0.0991. The van der Waals surface area contributed by atoms with Crippen LogP contribution in [0.15, 0.2) is 34.8 Å². The fourth-order valence-electron chi connectivity index (χ4n) is 1.50. The van der Waals surface area contributed by atoms with Gasteiger partial charge in [-0.15, -0.1) is 0 Å². The van der Waals surface area contributed by atoms with Gasteiger partial charge in [0.2, 0.25) is 0 Å². The van der Waals surface area contributed by atoms with Crippen molar-refractivity contribution in [3.05, 3.63) is 62.8 Å². The molecule has 0 amide bonds. The SMILES string of the molecule is Fc1cc(F)c(NCc2ccc(Br)c(Cl)c2)cc1F. The molecule has 0 aliphatic rings. The van der Waals surface area contributed by atoms with Crippen molar-refractivity contribution in [3.63, 3.8) is 0 Å². The summed E-state index contributed by atoms with van der Waals surface area (Å²) >= 11 is 9.17. The van der Waals surface area contributed by atoms with Gasteiger partial charge >= 0.3 is 0 Å². The molecule has 2 aromatic rings. The van der Waals surface area contributed by atoms with Crippen molar-refractivity contribution in [2.45, 2.75) is 6.54 Å². The molecule has 0 unspecified atom stereocenters. The maximum atomic E-state index is 13.4. The van der Waals surface area contributed by atoms with E-state index in [-0.39, 0.29) is 12.2 Å². The predicted molar refractivity (Wildman–Crippen MR) is 72.8 cm³/mol. The zero-order valence-electron chi connectivity index (χ0n) is 9.48. The van der Waals surface area contributed by atoms with Crippen molar-refractivity contribution in [1.82, 2.24) is 0 Å². The number of halogens is 5. The Hall–Kier alpha value is -1.20. The van der Waals surface area contributed by atoms with Crippen molar-refractivity contribution >= 4 is 33.2 Å². The van der Waals surface area contributed by atoms with Gasteiger partial charge in [-0.25, -0.2) is 13.2 Å². The molecule has 0 bridgehead atoms. The molecule has 0 saturated carbocycles. The molecule has 0 aliphatic heterocycles. The van der Waals surface area contributed by atoms with Crippen molar-refractivity contribution in [2.24, 2.45) is 0 Å². The third-order valence-corrected chi connectivity index (χ3v) is 3.71. The van der Waals surface area contributed by atoms with E-state index >= 15 is 0 Å². The van der Waals surface area contributed by atoms with Gasteiger partial charge < -0.3 is 5.32 Å². The molecule has 0 spiro atoms. The molecule has 2 rings (SSSR count). The normalized spacial score (nSPS) is 10.6. The first-order valence-corrected chi connectivity index (χ1v) is 6.47. The van der Waals surface area contributed by atoms with Gasteiger partial charge in [-0.3, -0.25) is 0 Å². The Labute approximate surface area is 121 Å². The molecule has 2 aromatic carbocycles. The van der Waals surface area contributed by atoms with Crippen LogP contribution in [0.25, 0.3) is 0 Å². The summed E-state index contributed by atoms with van der Waals surface area (Å²) in [7, 11) is 0. The molecule has 19 heavy (non-hydrogen) atoms. The summed E-state index contributed by atoms with van der Waals surface area (Å²) in [5, 5.41) is 3.21. The van der Waals surface area contributed by atoms with Crippen LogP contribution in [-0.2, 0) is 6.54 Å². The first kappa shape index (κ1) is 14.2. The van der Waals surface area contributed by atoms with Gasteiger partial charge in [0.15, 0.2) is 11.6 Å². The molecule has 0 aromatic heterocycles. The van der Waals surface area contributed by atoms with E-state index in [1.807, 2.05) is 0 Å². The molecule has 0 saturated heterocycles. The maximum Gasteiger partial charge on any atom is 0.161 e. The molecule has 0 fully saturated rings. The van der Waals surface area contributed by atoms with E-state index in [4.69, 9.17) is 11.6 Å². The van der Waals surface area contributed by atoms with Crippen molar-refractivity contribution < 1.29 is 13.2 Å². The van der Waals surface area contributed by atoms with Crippen LogP contribution >= 0.6 is 27.5 Å². The summed E-state index contributed by atoms with van der Waals surface area (Å²) in [5.41, 5.74) is 0.690. The summed E-state index contributed by atoms with van der Waals surface area (Å²) in [6.07, 6.45) is 0. The highest BCUT2D eigenvalue weighted by molar-refractivity contribution is 9.10. The molecule has 0 atom stereocenters. The first-order valence-electron chi connectivity index (χ1n) is 5.29. The lowest BCUT2D eigenvalue weighted by atomic mass is 10.2. The molecular formula is C13H8BrClF3N. The fraction of sp³-hybridized carbons (Fsp3) is 0.0769. The Bertz CT molecular complexity index is 619. The third-order valence-electron chi connectivity index (χ3n) is 2.48. The largest absolute Gasteiger partial charge is 0.379 e. The quantitative estimate of drug-likeness (QED) is 0.757. The zero-order valence-corrected chi connectivity index (χ0v) is 11.8. The van der Waals surface area contributed by atoms with Crippen LogP contribution in [0.2, 0.25) is 5.02 Å². The van der Waals surface area contributed by atoms with Gasteiger partial charge in [0.1, 0.15) is 5.82 Å². The number of anilines is 1. The second-order valence-corrected chi connectivity index (χ2v) is 5.11. The fourth-order valence-corrected chi connectivity index (χ4v) is 1.95. The van der Waals surface area contributed by atoms with E-state index in [2.05, 4.69) is 21.2 Å². The summed E-state index contributed by atoms with van der Waals surface area (Å²) < 4.78 is 39.9. The lowest BCUT2D eigenvalue weighted by Crippen LogP contribution is -2.03. The summed E-state index contributed by atoms with van der Waals surface area (Å²) in [4.78, 5) is 0. The Kier molecular flexibility index (Phi) is 4.37. The van der Waals surface area contributed by atoms with E-state index in [1.54, 1.807) is 18.2 Å². The number of benzene rings is 2. The average molecular weight is 351 g/mol. The van der Waals surface area contributed by atoms with Gasteiger partial charge in [-0.1, -0.05) is 17.7 Å². The lowest BCUT2D eigenvalue weighted by molar-refractivity contribution is 0.496. The van der Waals surface area contributed by atoms with Gasteiger partial charge in [0, 0.05) is 23.2 Å². The van der Waals surface area contributed by atoms with Crippen LogP contribution in [0.1, 0.15) is 5.56 Å². The lowest BCUT2D eigenvalue weighted by Gasteiger charge is -2.09. The van der Waals surface area contributed by atoms with Gasteiger partial charge in [0.25, 0.3) is 0 Å². The molecule has 6 heteroatoms. The van der Waals surface area contributed by atoms with Crippen LogP contribution in [0.5, 0.6) is 0 Å². The second kappa shape index (κ2) is 5.84. The van der Waals surface area contributed by atoms with Crippen LogP contribution in [0, 0.1) is 17.5 Å². The standard InChI is InChI=1S/C13H8BrClF3N/c14-8-2-1-7(3-9(8)15)6-19-13-5-11(17)10(16)4-12(13)18/h1-5,19H,6H2. The van der Waals surface area contributed by atoms with Crippen LogP contribution in [0.4, 0.5) is 18.9 Å². The number of rotatable bonds is 3. The molecule has 1 nitrogen and oxygen atoms in total. The predicted octanol–water partition coefficient (Wildman–Crippen LogP) is 5.13. The number of hydrogen-bond donors (Lipinski definition) is 1. The van der Waals surface area contributed by atoms with Crippen LogP contribution in [0.3, 0.4) is 0 Å². The Morgan fingerprint density at radius 3 is 2.37 bits per heavy atom. The Balaban J connectivity index is 2.14. The van der Waals surface area contributed by atoms with Crippen molar-refractivity contribution in [3.8, 4) is 0 Å². The topological polar surface area (TPSA) is 12.0 Å². The molecule has 0 aliphatic carbocycles. The van der Waals surface area contributed by atoms with Crippen molar-refractivity contribution in [2.75, 3.05) is 5.32 Å². The third kappa shape index (κ3) is 3.42. The second-order valence-electron chi connectivity index (χ2n) is 3.85. The zero-order chi connectivity index (χ0) is 14.0. The number of hydrogen-bond acceptors (Lipinski definition) is 1. The van der Waals surface area contributed by atoms with E-state index in [0.29, 0.717) is 11.1 Å². The molecule has 100 valence electrons. The summed E-state index contributed by atoms with van der Waals surface area (Å²) in [6.45, 7) is 0.245. The Morgan fingerprint density at radius 1 is 1.00 bits per heavy atom. The van der Waals surface area contributed by atoms with E-state index in [0.717, 1.165) is 16.1 Å². The summed E-state index contributed by atoms with van der Waals surface area (Å²) in [6, 6.07) is 6.51. The summed E-state index contributed by atoms with van der Waals surface area (Å²) in [5.74, 6) is -3.16. The molecule has 1 N–H and O–H groups in total. The average Bonchev–Trinajstić information content (AvgIpc) is 2.36. The molecule has 0 heterocycles. The van der Waals surface area contributed by atoms with E-state index in [9.17, 15) is 13.2 Å². The highest BCUT2D eigenvalue weighted by atomic mass is 79.9. The minimum Gasteiger partial charge on any atom is -0.379 e. The van der Waals surface area contributed by atoms with Gasteiger partial charge in [-0.05, 0) is 33.6 Å². The van der Waals surface area contributed by atoms with Crippen LogP contribution < -0.4 is 5.32 Å². The Morgan fingerprint density at radius 2 is 1.68 bits per heavy atom. The monoisotopic (exact) mass is 349 g/mol. The van der Waals surface area contributed by atoms with Gasteiger partial charge in [-0.2, -0.15) is 0 Å². The first-order chi connectivity index (χ1) is 8.97. The van der Waals surface area contributed by atoms with Gasteiger partial charge in [0.05, 0.1) is 10.7 Å². The maximum absolute atomic E-state index is 13.4. The minimum atomic E-state index is -1.21. The van der Waals surface area contributed by atoms with E-state index < -0.39 is 17.5 Å². The number of nitrogens with one attached hydrogen (secondary N) is 1. The van der Waals surface area contributed by atoms with Crippen LogP contribution in [-0.4, -0.2) is 0 Å². The highest BCUT2D eigenvalue weighted by Gasteiger charge is 2.09.